The van der Waals surface area contributed by atoms with Crippen LogP contribution in [0.5, 0.6) is 0 Å². The first kappa shape index (κ1) is 12.2. The van der Waals surface area contributed by atoms with Crippen molar-refractivity contribution in [1.82, 2.24) is 0 Å². The average Bonchev–Trinajstić information content (AvgIpc) is 2.85. The van der Waals surface area contributed by atoms with E-state index in [-0.39, 0.29) is 6.10 Å². The van der Waals surface area contributed by atoms with Crippen LogP contribution in [0.1, 0.15) is 57.1 Å². The molecule has 1 atom stereocenters. The molecule has 1 aliphatic rings. The van der Waals surface area contributed by atoms with Crippen LogP contribution in [0.25, 0.3) is 0 Å². The fraction of sp³-hybridized carbons (Fsp3) is 0.533. The molecule has 0 bridgehead atoms. The maximum atomic E-state index is 5.50. The summed E-state index contributed by atoms with van der Waals surface area (Å²) in [5.41, 5.74) is 2.47. The van der Waals surface area contributed by atoms with Gasteiger partial charge in [0.1, 0.15) is 0 Å². The normalized spacial score (nSPS) is 18.9. The van der Waals surface area contributed by atoms with Crippen molar-refractivity contribution in [2.45, 2.75) is 51.6 Å². The van der Waals surface area contributed by atoms with Gasteiger partial charge in [0, 0.05) is 6.42 Å². The topological polar surface area (TPSA) is 21.6 Å². The van der Waals surface area contributed by atoms with Gasteiger partial charge < -0.3 is 4.84 Å². The predicted octanol–water partition coefficient (Wildman–Crippen LogP) is 4.47. The van der Waals surface area contributed by atoms with Crippen molar-refractivity contribution in [3.05, 3.63) is 35.9 Å². The van der Waals surface area contributed by atoms with Crippen molar-refractivity contribution >= 4 is 5.71 Å². The van der Waals surface area contributed by atoms with E-state index < -0.39 is 0 Å². The molecule has 0 N–H and O–H groups in total. The van der Waals surface area contributed by atoms with Gasteiger partial charge in [-0.2, -0.15) is 0 Å². The van der Waals surface area contributed by atoms with Gasteiger partial charge in [0.2, 0.25) is 0 Å². The summed E-state index contributed by atoms with van der Waals surface area (Å²) in [5.74, 6) is 0. The summed E-state index contributed by atoms with van der Waals surface area (Å²) in [6.07, 6.45) is 7.39. The Kier molecular flexibility index (Phi) is 4.60. The molecular formula is C15H21NO. The molecule has 0 aromatic heterocycles. The summed E-state index contributed by atoms with van der Waals surface area (Å²) in [6.45, 7) is 2.24. The van der Waals surface area contributed by atoms with Gasteiger partial charge in [-0.25, -0.2) is 0 Å². The molecule has 0 amide bonds. The standard InChI is InChI=1S/C15H21NO/c1-2-3-4-8-11-14-12-15(17-16-14)13-9-6-5-7-10-13/h5-7,9-10,15H,2-4,8,11-12H2,1H3. The first-order valence-electron chi connectivity index (χ1n) is 6.66. The summed E-state index contributed by atoms with van der Waals surface area (Å²) in [4.78, 5) is 5.50. The van der Waals surface area contributed by atoms with Crippen LogP contribution in [0.4, 0.5) is 0 Å². The van der Waals surface area contributed by atoms with Crippen molar-refractivity contribution in [2.75, 3.05) is 0 Å². The van der Waals surface area contributed by atoms with E-state index >= 15 is 0 Å². The van der Waals surface area contributed by atoms with E-state index in [1.165, 1.54) is 37.0 Å². The van der Waals surface area contributed by atoms with Crippen LogP contribution in [0.3, 0.4) is 0 Å². The summed E-state index contributed by atoms with van der Waals surface area (Å²) >= 11 is 0. The summed E-state index contributed by atoms with van der Waals surface area (Å²) in [7, 11) is 0. The Bertz CT molecular complexity index is 358. The molecule has 1 aromatic carbocycles. The highest BCUT2D eigenvalue weighted by Gasteiger charge is 2.21. The highest BCUT2D eigenvalue weighted by atomic mass is 16.6. The molecule has 1 aliphatic heterocycles. The number of oxime groups is 1. The molecule has 1 aromatic rings. The van der Waals surface area contributed by atoms with Crippen molar-refractivity contribution in [2.24, 2.45) is 5.16 Å². The fourth-order valence-corrected chi connectivity index (χ4v) is 2.18. The Morgan fingerprint density at radius 2 is 2.00 bits per heavy atom. The van der Waals surface area contributed by atoms with Gasteiger partial charge in [0.25, 0.3) is 0 Å². The van der Waals surface area contributed by atoms with Crippen molar-refractivity contribution in [3.63, 3.8) is 0 Å². The van der Waals surface area contributed by atoms with Gasteiger partial charge in [-0.3, -0.25) is 0 Å². The largest absolute Gasteiger partial charge is 0.387 e. The SMILES string of the molecule is CCCCCCC1=NOC(c2ccccc2)C1. The third-order valence-corrected chi connectivity index (χ3v) is 3.22. The van der Waals surface area contributed by atoms with Crippen molar-refractivity contribution in [1.29, 1.82) is 0 Å². The quantitative estimate of drug-likeness (QED) is 0.662. The zero-order valence-electron chi connectivity index (χ0n) is 10.6. The van der Waals surface area contributed by atoms with E-state index in [0.29, 0.717) is 0 Å². The maximum Gasteiger partial charge on any atom is 0.157 e. The first-order chi connectivity index (χ1) is 8.40. The molecule has 2 nitrogen and oxygen atoms in total. The second-order valence-corrected chi connectivity index (χ2v) is 4.68. The Morgan fingerprint density at radius 3 is 2.76 bits per heavy atom. The van der Waals surface area contributed by atoms with Gasteiger partial charge in [-0.1, -0.05) is 61.7 Å². The number of unbranched alkanes of at least 4 members (excludes halogenated alkanes) is 3. The number of hydrogen-bond donors (Lipinski definition) is 0. The average molecular weight is 231 g/mol. The van der Waals surface area contributed by atoms with E-state index in [4.69, 9.17) is 4.84 Å². The number of rotatable bonds is 6. The molecule has 0 spiro atoms. The second kappa shape index (κ2) is 6.43. The molecule has 0 saturated carbocycles. The van der Waals surface area contributed by atoms with Crippen LogP contribution in [0.2, 0.25) is 0 Å². The highest BCUT2D eigenvalue weighted by molar-refractivity contribution is 5.85. The van der Waals surface area contributed by atoms with E-state index in [2.05, 4.69) is 36.3 Å². The number of benzene rings is 1. The molecule has 2 rings (SSSR count). The molecule has 1 unspecified atom stereocenters. The minimum atomic E-state index is 0.150. The molecular weight excluding hydrogens is 210 g/mol. The van der Waals surface area contributed by atoms with Gasteiger partial charge in [-0.05, 0) is 18.4 Å². The molecule has 0 aliphatic carbocycles. The maximum absolute atomic E-state index is 5.50. The highest BCUT2D eigenvalue weighted by Crippen LogP contribution is 2.28. The van der Waals surface area contributed by atoms with Crippen LogP contribution in [0, 0.1) is 0 Å². The van der Waals surface area contributed by atoms with Crippen LogP contribution < -0.4 is 0 Å². The van der Waals surface area contributed by atoms with Crippen molar-refractivity contribution in [3.8, 4) is 0 Å². The Balaban J connectivity index is 1.75. The van der Waals surface area contributed by atoms with Crippen LogP contribution in [-0.4, -0.2) is 5.71 Å². The van der Waals surface area contributed by atoms with E-state index in [9.17, 15) is 0 Å². The van der Waals surface area contributed by atoms with Gasteiger partial charge in [0.05, 0.1) is 5.71 Å². The summed E-state index contributed by atoms with van der Waals surface area (Å²) < 4.78 is 0. The Hall–Kier alpha value is -1.31. The van der Waals surface area contributed by atoms with Crippen molar-refractivity contribution < 1.29 is 4.84 Å². The monoisotopic (exact) mass is 231 g/mol. The van der Waals surface area contributed by atoms with Gasteiger partial charge >= 0.3 is 0 Å². The zero-order chi connectivity index (χ0) is 11.9. The minimum Gasteiger partial charge on any atom is -0.387 e. The molecule has 0 radical (unpaired) electrons. The van der Waals surface area contributed by atoms with Crippen LogP contribution in [-0.2, 0) is 4.84 Å². The molecule has 17 heavy (non-hydrogen) atoms. The summed E-state index contributed by atoms with van der Waals surface area (Å²) in [6, 6.07) is 10.4. The predicted molar refractivity (Wildman–Crippen MR) is 71.1 cm³/mol. The molecule has 92 valence electrons. The van der Waals surface area contributed by atoms with Gasteiger partial charge in [0.15, 0.2) is 6.10 Å². The molecule has 1 heterocycles. The number of nitrogens with zero attached hydrogens (tertiary/aromatic N) is 1. The van der Waals surface area contributed by atoms with Crippen LogP contribution in [0.15, 0.2) is 35.5 Å². The molecule has 2 heteroatoms. The lowest BCUT2D eigenvalue weighted by Gasteiger charge is -2.07. The lowest BCUT2D eigenvalue weighted by molar-refractivity contribution is 0.0857. The minimum absolute atomic E-state index is 0.150. The Morgan fingerprint density at radius 1 is 1.18 bits per heavy atom. The van der Waals surface area contributed by atoms with Crippen LogP contribution >= 0.6 is 0 Å². The third kappa shape index (κ3) is 3.58. The molecule has 0 saturated heterocycles. The Labute approximate surface area is 104 Å². The van der Waals surface area contributed by atoms with Gasteiger partial charge in [-0.15, -0.1) is 0 Å². The smallest absolute Gasteiger partial charge is 0.157 e. The first-order valence-corrected chi connectivity index (χ1v) is 6.66. The molecule has 0 fully saturated rings. The van der Waals surface area contributed by atoms with E-state index in [0.717, 1.165) is 12.8 Å². The fourth-order valence-electron chi connectivity index (χ4n) is 2.18. The zero-order valence-corrected chi connectivity index (χ0v) is 10.6. The van der Waals surface area contributed by atoms with E-state index in [1.54, 1.807) is 0 Å². The van der Waals surface area contributed by atoms with E-state index in [1.807, 2.05) is 6.07 Å². The third-order valence-electron chi connectivity index (χ3n) is 3.22. The second-order valence-electron chi connectivity index (χ2n) is 4.68. The summed E-state index contributed by atoms with van der Waals surface area (Å²) in [5, 5.41) is 4.21. The lowest BCUT2D eigenvalue weighted by atomic mass is 10.0. The number of hydrogen-bond acceptors (Lipinski definition) is 2. The lowest BCUT2D eigenvalue weighted by Crippen LogP contribution is -1.99.